The number of aromatic nitrogens is 2. The van der Waals surface area contributed by atoms with Crippen LogP contribution in [0.15, 0.2) is 28.8 Å². The molecular weight excluding hydrogens is 278 g/mol. The Balaban J connectivity index is 1.83. The second kappa shape index (κ2) is 4.90. The molecule has 1 fully saturated rings. The van der Waals surface area contributed by atoms with Gasteiger partial charge in [0.2, 0.25) is 0 Å². The van der Waals surface area contributed by atoms with E-state index in [1.807, 2.05) is 31.3 Å². The van der Waals surface area contributed by atoms with E-state index in [2.05, 4.69) is 15.5 Å². The maximum Gasteiger partial charge on any atom is 0.257 e. The molecule has 6 nitrogen and oxygen atoms in total. The minimum Gasteiger partial charge on any atom is -0.388 e. The highest BCUT2D eigenvalue weighted by Gasteiger charge is 2.32. The zero-order chi connectivity index (χ0) is 14.2. The summed E-state index contributed by atoms with van der Waals surface area (Å²) in [6.07, 6.45) is 0.569. The number of nitrogens with zero attached hydrogens (tertiary/aromatic N) is 2. The molecule has 3 rings (SSSR count). The number of anilines is 1. The molecule has 1 atom stereocenters. The van der Waals surface area contributed by atoms with Gasteiger partial charge in [0.25, 0.3) is 5.89 Å². The smallest absolute Gasteiger partial charge is 0.257 e. The van der Waals surface area contributed by atoms with Crippen molar-refractivity contribution in [3.63, 3.8) is 0 Å². The van der Waals surface area contributed by atoms with Crippen molar-refractivity contribution in [3.8, 4) is 11.5 Å². The van der Waals surface area contributed by atoms with Crippen LogP contribution in [0.5, 0.6) is 0 Å². The summed E-state index contributed by atoms with van der Waals surface area (Å²) in [5.41, 5.74) is 1.82. The van der Waals surface area contributed by atoms with Crippen LogP contribution in [0, 0.1) is 0 Å². The van der Waals surface area contributed by atoms with Crippen LogP contribution >= 0.6 is 0 Å². The molecule has 1 saturated heterocycles. The van der Waals surface area contributed by atoms with Gasteiger partial charge in [0.05, 0.1) is 11.5 Å². The quantitative estimate of drug-likeness (QED) is 0.926. The molecule has 106 valence electrons. The first kappa shape index (κ1) is 13.1. The molecule has 0 saturated carbocycles. The van der Waals surface area contributed by atoms with Crippen LogP contribution in [0.4, 0.5) is 5.69 Å². The lowest BCUT2D eigenvalue weighted by Crippen LogP contribution is -2.05. The summed E-state index contributed by atoms with van der Waals surface area (Å²) in [5.74, 6) is 1.09. The van der Waals surface area contributed by atoms with E-state index in [9.17, 15) is 8.42 Å². The molecule has 2 heterocycles. The highest BCUT2D eigenvalue weighted by molar-refractivity contribution is 7.91. The van der Waals surface area contributed by atoms with Crippen molar-refractivity contribution in [2.45, 2.75) is 12.3 Å². The van der Waals surface area contributed by atoms with E-state index in [4.69, 9.17) is 4.52 Å². The van der Waals surface area contributed by atoms with Gasteiger partial charge in [0.15, 0.2) is 15.7 Å². The van der Waals surface area contributed by atoms with Gasteiger partial charge in [-0.1, -0.05) is 5.16 Å². The van der Waals surface area contributed by atoms with Crippen molar-refractivity contribution in [1.29, 1.82) is 0 Å². The predicted octanol–water partition coefficient (Wildman–Crippen LogP) is 1.68. The normalized spacial score (nSPS) is 20.9. The molecule has 1 aromatic heterocycles. The van der Waals surface area contributed by atoms with E-state index in [-0.39, 0.29) is 17.4 Å². The first-order chi connectivity index (χ1) is 9.57. The van der Waals surface area contributed by atoms with E-state index in [0.29, 0.717) is 18.1 Å². The van der Waals surface area contributed by atoms with Crippen LogP contribution in [0.25, 0.3) is 11.5 Å². The number of rotatable bonds is 3. The van der Waals surface area contributed by atoms with Crippen LogP contribution in [0.3, 0.4) is 0 Å². The summed E-state index contributed by atoms with van der Waals surface area (Å²) in [7, 11) is -1.09. The lowest BCUT2D eigenvalue weighted by atomic mass is 10.1. The third-order valence-corrected chi connectivity index (χ3v) is 5.23. The van der Waals surface area contributed by atoms with Gasteiger partial charge in [-0.3, -0.25) is 0 Å². The maximum absolute atomic E-state index is 11.5. The van der Waals surface area contributed by atoms with Crippen LogP contribution in [0.1, 0.15) is 18.2 Å². The second-order valence-electron chi connectivity index (χ2n) is 4.89. The van der Waals surface area contributed by atoms with Gasteiger partial charge in [0.1, 0.15) is 0 Å². The lowest BCUT2D eigenvalue weighted by Gasteiger charge is -2.00. The Morgan fingerprint density at radius 1 is 1.30 bits per heavy atom. The number of hydrogen-bond donors (Lipinski definition) is 1. The van der Waals surface area contributed by atoms with Crippen LogP contribution in [0.2, 0.25) is 0 Å². The molecule has 20 heavy (non-hydrogen) atoms. The molecule has 0 bridgehead atoms. The predicted molar refractivity (Wildman–Crippen MR) is 75.3 cm³/mol. The minimum atomic E-state index is -2.94. The summed E-state index contributed by atoms with van der Waals surface area (Å²) in [6, 6.07) is 7.60. The van der Waals surface area contributed by atoms with Gasteiger partial charge in [0, 0.05) is 24.2 Å². The van der Waals surface area contributed by atoms with Gasteiger partial charge in [-0.2, -0.15) is 4.98 Å². The van der Waals surface area contributed by atoms with Crippen LogP contribution in [-0.2, 0) is 9.84 Å². The highest BCUT2D eigenvalue weighted by Crippen LogP contribution is 2.28. The fourth-order valence-corrected chi connectivity index (χ4v) is 4.04. The van der Waals surface area contributed by atoms with E-state index >= 15 is 0 Å². The number of hydrogen-bond acceptors (Lipinski definition) is 6. The largest absolute Gasteiger partial charge is 0.388 e. The topological polar surface area (TPSA) is 85.1 Å². The standard InChI is InChI=1S/C13H15N3O3S/c1-14-11-4-2-9(3-5-11)13-15-12(16-19-13)10-6-7-20(17,18)8-10/h2-5,10,14H,6-8H2,1H3. The van der Waals surface area contributed by atoms with E-state index in [0.717, 1.165) is 11.3 Å². The van der Waals surface area contributed by atoms with Crippen molar-refractivity contribution in [1.82, 2.24) is 10.1 Å². The van der Waals surface area contributed by atoms with Crippen molar-refractivity contribution in [3.05, 3.63) is 30.1 Å². The summed E-state index contributed by atoms with van der Waals surface area (Å²) in [4.78, 5) is 4.32. The second-order valence-corrected chi connectivity index (χ2v) is 7.11. The van der Waals surface area contributed by atoms with Crippen LogP contribution in [-0.4, -0.2) is 37.1 Å². The maximum atomic E-state index is 11.5. The van der Waals surface area contributed by atoms with Gasteiger partial charge < -0.3 is 9.84 Å². The third kappa shape index (κ3) is 2.53. The molecule has 0 amide bonds. The summed E-state index contributed by atoms with van der Waals surface area (Å²) in [5, 5.41) is 6.95. The molecule has 0 radical (unpaired) electrons. The van der Waals surface area contributed by atoms with Crippen molar-refractivity contribution >= 4 is 15.5 Å². The average Bonchev–Trinajstić information content (AvgIpc) is 3.05. The molecule has 1 aromatic carbocycles. The zero-order valence-electron chi connectivity index (χ0n) is 11.0. The van der Waals surface area contributed by atoms with E-state index in [1.165, 1.54) is 0 Å². The molecule has 7 heteroatoms. The molecule has 0 aliphatic carbocycles. The van der Waals surface area contributed by atoms with Gasteiger partial charge in [-0.25, -0.2) is 8.42 Å². The van der Waals surface area contributed by atoms with Gasteiger partial charge >= 0.3 is 0 Å². The molecule has 0 spiro atoms. The van der Waals surface area contributed by atoms with E-state index < -0.39 is 9.84 Å². The molecule has 1 N–H and O–H groups in total. The van der Waals surface area contributed by atoms with Crippen LogP contribution < -0.4 is 5.32 Å². The molecule has 1 aliphatic rings. The number of sulfone groups is 1. The van der Waals surface area contributed by atoms with E-state index in [1.54, 1.807) is 0 Å². The highest BCUT2D eigenvalue weighted by atomic mass is 32.2. The van der Waals surface area contributed by atoms with Gasteiger partial charge in [-0.05, 0) is 30.7 Å². The lowest BCUT2D eigenvalue weighted by molar-refractivity contribution is 0.418. The average molecular weight is 293 g/mol. The Morgan fingerprint density at radius 3 is 2.65 bits per heavy atom. The summed E-state index contributed by atoms with van der Waals surface area (Å²) < 4.78 is 28.2. The summed E-state index contributed by atoms with van der Waals surface area (Å²) in [6.45, 7) is 0. The SMILES string of the molecule is CNc1ccc(-c2nc(C3CCS(=O)(=O)C3)no2)cc1. The Bertz CT molecular complexity index is 707. The monoisotopic (exact) mass is 293 g/mol. The molecule has 1 unspecified atom stereocenters. The Morgan fingerprint density at radius 2 is 2.05 bits per heavy atom. The third-order valence-electron chi connectivity index (χ3n) is 3.46. The first-order valence-electron chi connectivity index (χ1n) is 6.39. The Hall–Kier alpha value is -1.89. The molecule has 1 aliphatic heterocycles. The fourth-order valence-electron chi connectivity index (χ4n) is 2.30. The van der Waals surface area contributed by atoms with Crippen molar-refractivity contribution in [2.24, 2.45) is 0 Å². The molecular formula is C13H15N3O3S. The van der Waals surface area contributed by atoms with Crippen molar-refractivity contribution < 1.29 is 12.9 Å². The number of nitrogens with one attached hydrogen (secondary N) is 1. The summed E-state index contributed by atoms with van der Waals surface area (Å²) >= 11 is 0. The number of benzene rings is 1. The van der Waals surface area contributed by atoms with Crippen molar-refractivity contribution in [2.75, 3.05) is 23.9 Å². The van der Waals surface area contributed by atoms with Gasteiger partial charge in [-0.15, -0.1) is 0 Å². The fraction of sp³-hybridized carbons (Fsp3) is 0.385. The Kier molecular flexibility index (Phi) is 3.21. The minimum absolute atomic E-state index is 0.116. The Labute approximate surface area is 117 Å². The zero-order valence-corrected chi connectivity index (χ0v) is 11.9. The first-order valence-corrected chi connectivity index (χ1v) is 8.22. The molecule has 2 aromatic rings.